The minimum atomic E-state index is -2.13. The molecule has 10 nitrogen and oxygen atoms in total. The van der Waals surface area contributed by atoms with Gasteiger partial charge in [-0.15, -0.1) is 23.2 Å². The molecule has 0 bridgehead atoms. The highest BCUT2D eigenvalue weighted by atomic mass is 35.5. The summed E-state index contributed by atoms with van der Waals surface area (Å²) in [5.41, 5.74) is 1.91. The molecule has 3 aromatic carbocycles. The third-order valence-corrected chi connectivity index (χ3v) is 11.9. The number of amides is 4. The summed E-state index contributed by atoms with van der Waals surface area (Å²) in [6.45, 7) is 0. The van der Waals surface area contributed by atoms with Gasteiger partial charge in [0.05, 0.1) is 29.5 Å². The van der Waals surface area contributed by atoms with Crippen LogP contribution in [0.15, 0.2) is 90.2 Å². The third kappa shape index (κ3) is 4.40. The van der Waals surface area contributed by atoms with E-state index in [2.05, 4.69) is 0 Å². The molecule has 3 N–H and O–H groups in total. The predicted molar refractivity (Wildman–Crippen MR) is 177 cm³/mol. The van der Waals surface area contributed by atoms with Crippen LogP contribution in [-0.4, -0.2) is 55.7 Å². The molecule has 5 aliphatic rings. The maximum absolute atomic E-state index is 14.5. The van der Waals surface area contributed by atoms with Crippen LogP contribution in [0.5, 0.6) is 11.5 Å². The number of imide groups is 2. The Kier molecular flexibility index (Phi) is 7.14. The monoisotopic (exact) mass is 702 g/mol. The van der Waals surface area contributed by atoms with E-state index in [1.165, 1.54) is 54.8 Å². The van der Waals surface area contributed by atoms with Crippen molar-refractivity contribution in [2.24, 2.45) is 23.7 Å². The van der Waals surface area contributed by atoms with Gasteiger partial charge in [0, 0.05) is 17.9 Å². The number of aromatic hydroxyl groups is 1. The summed E-state index contributed by atoms with van der Waals surface area (Å²) in [5, 5.41) is 29.7. The number of ether oxygens (including phenoxy) is 1. The van der Waals surface area contributed by atoms with Gasteiger partial charge in [0.2, 0.25) is 11.8 Å². The number of alkyl halides is 2. The molecule has 2 saturated heterocycles. The number of rotatable bonds is 4. The number of hydrogen-bond acceptors (Lipinski definition) is 8. The third-order valence-electron chi connectivity index (χ3n) is 10.5. The maximum atomic E-state index is 14.5. The molecule has 3 aliphatic heterocycles. The Morgan fingerprint density at radius 2 is 1.63 bits per heavy atom. The summed E-state index contributed by atoms with van der Waals surface area (Å²) in [6.07, 6.45) is 3.24. The van der Waals surface area contributed by atoms with E-state index in [0.29, 0.717) is 22.5 Å². The number of nitrogens with zero attached hydrogens (tertiary/aromatic N) is 2. The Labute approximate surface area is 289 Å². The van der Waals surface area contributed by atoms with Gasteiger partial charge in [-0.25, -0.2) is 9.29 Å². The summed E-state index contributed by atoms with van der Waals surface area (Å²) in [5.74, 6) is -6.59. The number of carbonyl (C=O) groups excluding carboxylic acids is 4. The fourth-order valence-corrected chi connectivity index (χ4v) is 9.24. The zero-order valence-corrected chi connectivity index (χ0v) is 26.9. The zero-order valence-electron chi connectivity index (χ0n) is 25.4. The van der Waals surface area contributed by atoms with Crippen molar-refractivity contribution in [3.05, 3.63) is 102 Å². The molecule has 49 heavy (non-hydrogen) atoms. The lowest BCUT2D eigenvalue weighted by molar-refractivity contribution is -0.125. The molecule has 1 saturated carbocycles. The first-order valence-electron chi connectivity index (χ1n) is 15.6. The number of fused-ring (bicyclic) bond motifs is 5. The topological polar surface area (TPSA) is 145 Å². The van der Waals surface area contributed by atoms with Gasteiger partial charge in [0.25, 0.3) is 11.8 Å². The smallest absolute Gasteiger partial charge is 0.488 e. The second-order valence-corrected chi connectivity index (χ2v) is 14.3. The average Bonchev–Trinajstić information content (AvgIpc) is 3.42. The number of carbonyl (C=O) groups is 4. The second-order valence-electron chi connectivity index (χ2n) is 13.0. The van der Waals surface area contributed by atoms with Crippen molar-refractivity contribution in [1.82, 2.24) is 0 Å². The molecule has 248 valence electrons. The van der Waals surface area contributed by atoms with Gasteiger partial charge in [-0.3, -0.25) is 24.1 Å². The van der Waals surface area contributed by atoms with Crippen LogP contribution < -0.4 is 20.0 Å². The molecule has 4 amide bonds. The molecule has 3 fully saturated rings. The number of halogens is 3. The van der Waals surface area contributed by atoms with Crippen LogP contribution in [0.4, 0.5) is 15.8 Å². The zero-order chi connectivity index (χ0) is 34.6. The lowest BCUT2D eigenvalue weighted by atomic mass is 9.56. The van der Waals surface area contributed by atoms with Crippen molar-refractivity contribution in [3.8, 4) is 11.5 Å². The number of hydrogen-bond donors (Lipinski definition) is 3. The Morgan fingerprint density at radius 3 is 2.37 bits per heavy atom. The summed E-state index contributed by atoms with van der Waals surface area (Å²) < 4.78 is 19.8. The van der Waals surface area contributed by atoms with Crippen molar-refractivity contribution in [3.63, 3.8) is 0 Å². The fourth-order valence-electron chi connectivity index (χ4n) is 8.29. The van der Waals surface area contributed by atoms with Crippen LogP contribution in [-0.2, 0) is 25.6 Å². The number of anilines is 2. The van der Waals surface area contributed by atoms with Gasteiger partial charge in [-0.2, -0.15) is 0 Å². The van der Waals surface area contributed by atoms with Gasteiger partial charge in [0.1, 0.15) is 17.3 Å². The van der Waals surface area contributed by atoms with E-state index in [1.54, 1.807) is 12.1 Å². The minimum absolute atomic E-state index is 0.0142. The second kappa shape index (κ2) is 11.0. The van der Waals surface area contributed by atoms with Gasteiger partial charge in [-0.05, 0) is 84.4 Å². The summed E-state index contributed by atoms with van der Waals surface area (Å²) >= 11 is 14.8. The summed E-state index contributed by atoms with van der Waals surface area (Å²) in [6, 6.07) is 15.1. The molecular weight excluding hydrogens is 677 g/mol. The Bertz CT molecular complexity index is 2060. The Balaban J connectivity index is 1.27. The van der Waals surface area contributed by atoms with Crippen LogP contribution in [0.1, 0.15) is 18.4 Å². The molecule has 2 aliphatic carbocycles. The number of phenols is 1. The van der Waals surface area contributed by atoms with Gasteiger partial charge in [-0.1, -0.05) is 23.8 Å². The molecule has 0 radical (unpaired) electrons. The van der Waals surface area contributed by atoms with Crippen LogP contribution in [0, 0.1) is 29.5 Å². The molecule has 3 aromatic rings. The van der Waals surface area contributed by atoms with Gasteiger partial charge >= 0.3 is 7.12 Å². The Morgan fingerprint density at radius 1 is 0.878 bits per heavy atom. The normalized spacial score (nSPS) is 30.2. The first-order chi connectivity index (χ1) is 23.3. The van der Waals surface area contributed by atoms with Crippen LogP contribution in [0.2, 0.25) is 0 Å². The number of benzene rings is 3. The fraction of sp³-hybridized carbons (Fsp3) is 0.257. The molecule has 14 heteroatoms. The van der Waals surface area contributed by atoms with Gasteiger partial charge < -0.3 is 19.9 Å². The summed E-state index contributed by atoms with van der Waals surface area (Å²) in [4.78, 5) is 54.8. The summed E-state index contributed by atoms with van der Waals surface area (Å²) in [7, 11) is -1.83. The maximum Gasteiger partial charge on any atom is 0.488 e. The lowest BCUT2D eigenvalue weighted by Gasteiger charge is -2.51. The molecule has 0 aromatic heterocycles. The average molecular weight is 703 g/mol. The van der Waals surface area contributed by atoms with E-state index in [9.17, 15) is 38.7 Å². The SMILES string of the molecule is O=C1C2CC=C3C(CC4(Cl)C(=O)N(c5ccc(F)cc5)C(=O)C4(Cl)C3C3=COc4ccc(O)cc4C3)C2C(=O)N1c1cccc(B(O)O)c1. The van der Waals surface area contributed by atoms with Crippen molar-refractivity contribution < 1.29 is 43.5 Å². The van der Waals surface area contributed by atoms with Crippen LogP contribution in [0.3, 0.4) is 0 Å². The largest absolute Gasteiger partial charge is 0.508 e. The van der Waals surface area contributed by atoms with E-state index in [0.717, 1.165) is 21.9 Å². The van der Waals surface area contributed by atoms with E-state index in [4.69, 9.17) is 27.9 Å². The first kappa shape index (κ1) is 31.8. The number of allylic oxidation sites excluding steroid dienone is 3. The highest BCUT2D eigenvalue weighted by molar-refractivity contribution is 6.59. The molecule has 0 spiro atoms. The molecule has 6 atom stereocenters. The van der Waals surface area contributed by atoms with Crippen LogP contribution >= 0.6 is 23.2 Å². The van der Waals surface area contributed by atoms with Gasteiger partial charge in [0.15, 0.2) is 9.75 Å². The van der Waals surface area contributed by atoms with E-state index < -0.39 is 70.0 Å². The molecule has 6 unspecified atom stereocenters. The number of phenolic OH excluding ortho intramolecular Hbond substituents is 1. The highest BCUT2D eigenvalue weighted by Crippen LogP contribution is 2.65. The van der Waals surface area contributed by atoms with Crippen molar-refractivity contribution >= 4 is 70.8 Å². The van der Waals surface area contributed by atoms with E-state index in [-0.39, 0.29) is 41.8 Å². The lowest BCUT2D eigenvalue weighted by Crippen LogP contribution is -2.61. The standard InChI is InChI=1S/C35H26BCl2FN2O8/c37-34-15-26-24(9-10-25-28(26)31(44)40(30(25)43)22-3-1-2-19(14-22)36(47)48)29(18-12-17-13-23(42)8-11-27(17)49-16-18)35(34,38)33(46)41(32(34)45)21-6-4-20(39)5-7-21/h1-9,11,13-14,16,25-26,28-29,42,47-48H,10,12,15H2. The minimum Gasteiger partial charge on any atom is -0.508 e. The van der Waals surface area contributed by atoms with Crippen molar-refractivity contribution in [2.75, 3.05) is 9.80 Å². The quantitative estimate of drug-likeness (QED) is 0.163. The first-order valence-corrected chi connectivity index (χ1v) is 16.3. The molecule has 3 heterocycles. The molecular formula is C35H26BCl2FN2O8. The Hall–Kier alpha value is -4.49. The van der Waals surface area contributed by atoms with Crippen LogP contribution in [0.25, 0.3) is 0 Å². The molecule has 8 rings (SSSR count). The predicted octanol–water partition coefficient (Wildman–Crippen LogP) is 3.33. The van der Waals surface area contributed by atoms with E-state index >= 15 is 0 Å². The van der Waals surface area contributed by atoms with Crippen molar-refractivity contribution in [1.29, 1.82) is 0 Å². The highest BCUT2D eigenvalue weighted by Gasteiger charge is 2.77. The van der Waals surface area contributed by atoms with Crippen molar-refractivity contribution in [2.45, 2.75) is 29.0 Å². The van der Waals surface area contributed by atoms with E-state index in [1.807, 2.05) is 0 Å².